The minimum atomic E-state index is -0.0559. The Hall–Kier alpha value is -1.51. The molecule has 3 heteroatoms. The van der Waals surface area contributed by atoms with Crippen molar-refractivity contribution in [3.63, 3.8) is 0 Å². The van der Waals surface area contributed by atoms with E-state index in [9.17, 15) is 4.79 Å². The zero-order valence-corrected chi connectivity index (χ0v) is 18.8. The van der Waals surface area contributed by atoms with Gasteiger partial charge in [-0.25, -0.2) is 0 Å². The van der Waals surface area contributed by atoms with Gasteiger partial charge in [-0.2, -0.15) is 0 Å². The predicted molar refractivity (Wildman–Crippen MR) is 121 cm³/mol. The first-order valence-corrected chi connectivity index (χ1v) is 12.2. The van der Waals surface area contributed by atoms with E-state index in [-0.39, 0.29) is 11.9 Å². The summed E-state index contributed by atoms with van der Waals surface area (Å²) >= 11 is 0. The van der Waals surface area contributed by atoms with E-state index in [1.54, 1.807) is 0 Å². The largest absolute Gasteiger partial charge is 0.494 e. The lowest BCUT2D eigenvalue weighted by molar-refractivity contribution is -0.140. The molecule has 0 radical (unpaired) electrons. The lowest BCUT2D eigenvalue weighted by atomic mass is 9.80. The molecule has 1 aliphatic carbocycles. The van der Waals surface area contributed by atoms with Crippen LogP contribution < -0.4 is 9.47 Å². The number of hydrogen-bond donors (Lipinski definition) is 0. The van der Waals surface area contributed by atoms with Gasteiger partial charge in [0.1, 0.15) is 11.5 Å². The first-order valence-electron chi connectivity index (χ1n) is 12.2. The molecule has 0 heterocycles. The molecule has 1 aliphatic rings. The van der Waals surface area contributed by atoms with Gasteiger partial charge in [0, 0.05) is 0 Å². The first-order chi connectivity index (χ1) is 14.2. The molecule has 3 nitrogen and oxygen atoms in total. The Labute approximate surface area is 178 Å². The highest BCUT2D eigenvalue weighted by molar-refractivity contribution is 5.75. The van der Waals surface area contributed by atoms with Crippen molar-refractivity contribution in [3.8, 4) is 11.5 Å². The van der Waals surface area contributed by atoms with Crippen LogP contribution in [0.15, 0.2) is 24.3 Å². The maximum atomic E-state index is 12.5. The van der Waals surface area contributed by atoms with Crippen LogP contribution in [0.25, 0.3) is 0 Å². The van der Waals surface area contributed by atoms with Gasteiger partial charge in [-0.15, -0.1) is 0 Å². The van der Waals surface area contributed by atoms with E-state index in [1.807, 2.05) is 24.3 Å². The molecule has 0 bridgehead atoms. The number of unbranched alkanes of at least 4 members (excludes halogenated alkanes) is 7. The standard InChI is InChI=1S/C26H42O3/c1-3-5-7-9-10-12-22-13-15-23(16-14-22)26(27)29-25-19-17-24(18-20-25)28-21-11-8-6-4-2/h17-20,22-23H,3-16,21H2,1-2H3/t22-,23-. The molecule has 0 unspecified atom stereocenters. The van der Waals surface area contributed by atoms with Crippen molar-refractivity contribution in [2.24, 2.45) is 11.8 Å². The number of hydrogen-bond acceptors (Lipinski definition) is 3. The van der Waals surface area contributed by atoms with Gasteiger partial charge in [-0.1, -0.05) is 71.6 Å². The van der Waals surface area contributed by atoms with Crippen LogP contribution in [0.2, 0.25) is 0 Å². The second-order valence-electron chi connectivity index (χ2n) is 8.72. The van der Waals surface area contributed by atoms with E-state index in [0.717, 1.165) is 37.5 Å². The molecule has 0 saturated heterocycles. The summed E-state index contributed by atoms with van der Waals surface area (Å²) in [6.45, 7) is 5.22. The maximum Gasteiger partial charge on any atom is 0.314 e. The van der Waals surface area contributed by atoms with Crippen LogP contribution in [0.5, 0.6) is 11.5 Å². The van der Waals surface area contributed by atoms with Crippen molar-refractivity contribution >= 4 is 5.97 Å². The number of rotatable bonds is 14. The maximum absolute atomic E-state index is 12.5. The van der Waals surface area contributed by atoms with Crippen LogP contribution >= 0.6 is 0 Å². The number of carbonyl (C=O) groups is 1. The van der Waals surface area contributed by atoms with E-state index in [2.05, 4.69) is 13.8 Å². The summed E-state index contributed by atoms with van der Waals surface area (Å²) in [4.78, 5) is 12.5. The topological polar surface area (TPSA) is 35.5 Å². The van der Waals surface area contributed by atoms with Gasteiger partial charge in [-0.05, 0) is 62.3 Å². The quantitative estimate of drug-likeness (QED) is 0.181. The molecule has 1 aromatic carbocycles. The SMILES string of the molecule is CCCCCCC[C@H]1CC[C@H](C(=O)Oc2ccc(OCCCCCC)cc2)CC1. The Bertz CT molecular complexity index is 544. The molecular formula is C26H42O3. The first kappa shape index (κ1) is 23.8. The fourth-order valence-corrected chi connectivity index (χ4v) is 4.25. The molecule has 1 saturated carbocycles. The van der Waals surface area contributed by atoms with Crippen molar-refractivity contribution in [2.45, 2.75) is 104 Å². The normalized spacial score (nSPS) is 19.1. The Morgan fingerprint density at radius 1 is 0.793 bits per heavy atom. The second kappa shape index (κ2) is 14.5. The van der Waals surface area contributed by atoms with Crippen LogP contribution in [0.1, 0.15) is 104 Å². The van der Waals surface area contributed by atoms with Gasteiger partial charge in [0.15, 0.2) is 0 Å². The zero-order valence-electron chi connectivity index (χ0n) is 18.8. The Balaban J connectivity index is 1.62. The molecule has 0 atom stereocenters. The van der Waals surface area contributed by atoms with Crippen molar-refractivity contribution in [3.05, 3.63) is 24.3 Å². The van der Waals surface area contributed by atoms with Gasteiger partial charge >= 0.3 is 5.97 Å². The smallest absolute Gasteiger partial charge is 0.314 e. The molecule has 1 aromatic rings. The van der Waals surface area contributed by atoms with E-state index >= 15 is 0 Å². The van der Waals surface area contributed by atoms with Crippen LogP contribution in [0.4, 0.5) is 0 Å². The molecule has 1 fully saturated rings. The summed E-state index contributed by atoms with van der Waals surface area (Å²) in [6, 6.07) is 7.50. The summed E-state index contributed by atoms with van der Waals surface area (Å²) in [5.41, 5.74) is 0. The van der Waals surface area contributed by atoms with Crippen LogP contribution in [-0.4, -0.2) is 12.6 Å². The third kappa shape index (κ3) is 9.69. The molecule has 2 rings (SSSR count). The van der Waals surface area contributed by atoms with Crippen LogP contribution in [-0.2, 0) is 4.79 Å². The monoisotopic (exact) mass is 402 g/mol. The third-order valence-corrected chi connectivity index (χ3v) is 6.20. The van der Waals surface area contributed by atoms with Gasteiger partial charge in [-0.3, -0.25) is 4.79 Å². The fourth-order valence-electron chi connectivity index (χ4n) is 4.25. The average Bonchev–Trinajstić information content (AvgIpc) is 2.75. The van der Waals surface area contributed by atoms with Crippen molar-refractivity contribution in [1.29, 1.82) is 0 Å². The Morgan fingerprint density at radius 3 is 2.03 bits per heavy atom. The summed E-state index contributed by atoms with van der Waals surface area (Å²) in [5, 5.41) is 0. The van der Waals surface area contributed by atoms with E-state index < -0.39 is 0 Å². The predicted octanol–water partition coefficient (Wildman–Crippen LogP) is 7.72. The highest BCUT2D eigenvalue weighted by atomic mass is 16.5. The molecule has 0 aliphatic heterocycles. The lowest BCUT2D eigenvalue weighted by Gasteiger charge is -2.27. The fraction of sp³-hybridized carbons (Fsp3) is 0.731. The van der Waals surface area contributed by atoms with E-state index in [1.165, 1.54) is 70.6 Å². The number of esters is 1. The molecule has 0 amide bonds. The molecule has 0 spiro atoms. The molecular weight excluding hydrogens is 360 g/mol. The van der Waals surface area contributed by atoms with Crippen molar-refractivity contribution in [1.82, 2.24) is 0 Å². The molecule has 29 heavy (non-hydrogen) atoms. The van der Waals surface area contributed by atoms with Gasteiger partial charge < -0.3 is 9.47 Å². The molecule has 164 valence electrons. The Morgan fingerprint density at radius 2 is 1.38 bits per heavy atom. The summed E-state index contributed by atoms with van der Waals surface area (Å²) < 4.78 is 11.4. The number of benzene rings is 1. The van der Waals surface area contributed by atoms with Gasteiger partial charge in [0.25, 0.3) is 0 Å². The number of carbonyl (C=O) groups excluding carboxylic acids is 1. The van der Waals surface area contributed by atoms with Crippen molar-refractivity contribution in [2.75, 3.05) is 6.61 Å². The van der Waals surface area contributed by atoms with E-state index in [4.69, 9.17) is 9.47 Å². The highest BCUT2D eigenvalue weighted by Crippen LogP contribution is 2.33. The van der Waals surface area contributed by atoms with E-state index in [0.29, 0.717) is 5.75 Å². The van der Waals surface area contributed by atoms with Gasteiger partial charge in [0.05, 0.1) is 12.5 Å². The lowest BCUT2D eigenvalue weighted by Crippen LogP contribution is -2.25. The molecule has 0 aromatic heterocycles. The van der Waals surface area contributed by atoms with Gasteiger partial charge in [0.2, 0.25) is 0 Å². The minimum absolute atomic E-state index is 0.0559. The Kier molecular flexibility index (Phi) is 11.9. The van der Waals surface area contributed by atoms with Crippen LogP contribution in [0, 0.1) is 11.8 Å². The summed E-state index contributed by atoms with van der Waals surface area (Å²) in [6.07, 6.45) is 17.2. The average molecular weight is 403 g/mol. The van der Waals surface area contributed by atoms with Crippen molar-refractivity contribution < 1.29 is 14.3 Å². The minimum Gasteiger partial charge on any atom is -0.494 e. The molecule has 0 N–H and O–H groups in total. The second-order valence-corrected chi connectivity index (χ2v) is 8.72. The zero-order chi connectivity index (χ0) is 20.7. The summed E-state index contributed by atoms with van der Waals surface area (Å²) in [7, 11) is 0. The number of ether oxygens (including phenoxy) is 2. The van der Waals surface area contributed by atoms with Crippen LogP contribution in [0.3, 0.4) is 0 Å². The third-order valence-electron chi connectivity index (χ3n) is 6.20. The highest BCUT2D eigenvalue weighted by Gasteiger charge is 2.27. The summed E-state index contributed by atoms with van der Waals surface area (Å²) in [5.74, 6) is 2.31.